The maximum Gasteiger partial charge on any atom is 0.223 e. The molecule has 1 N–H and O–H groups in total. The van der Waals surface area contributed by atoms with Crippen molar-refractivity contribution in [3.63, 3.8) is 0 Å². The summed E-state index contributed by atoms with van der Waals surface area (Å²) >= 11 is 0. The third-order valence-electron chi connectivity index (χ3n) is 3.11. The Kier molecular flexibility index (Phi) is 3.60. The lowest BCUT2D eigenvalue weighted by atomic mass is 10.0. The molecule has 1 aliphatic carbocycles. The molecular weight excluding hydrogens is 198 g/mol. The predicted octanol–water partition coefficient (Wildman–Crippen LogP) is 2.53. The molecule has 0 heterocycles. The molecule has 1 aromatic carbocycles. The molecule has 0 aliphatic heterocycles. The van der Waals surface area contributed by atoms with Crippen molar-refractivity contribution in [2.24, 2.45) is 5.92 Å². The molecule has 1 atom stereocenters. The zero-order valence-corrected chi connectivity index (χ0v) is 9.78. The maximum atomic E-state index is 11.7. The number of carbonyl (C=O) groups excluding carboxylic acids is 1. The molecule has 2 heteroatoms. The summed E-state index contributed by atoms with van der Waals surface area (Å²) in [6.45, 7) is 2.13. The van der Waals surface area contributed by atoms with Crippen LogP contribution in [0.4, 0.5) is 0 Å². The van der Waals surface area contributed by atoms with E-state index < -0.39 is 0 Å². The first-order valence-electron chi connectivity index (χ1n) is 6.14. The second-order valence-electron chi connectivity index (χ2n) is 4.58. The van der Waals surface area contributed by atoms with Crippen LogP contribution in [0.15, 0.2) is 30.3 Å². The smallest absolute Gasteiger partial charge is 0.223 e. The van der Waals surface area contributed by atoms with Gasteiger partial charge in [-0.25, -0.2) is 0 Å². The van der Waals surface area contributed by atoms with E-state index in [-0.39, 0.29) is 11.9 Å². The highest BCUT2D eigenvalue weighted by atomic mass is 16.2. The van der Waals surface area contributed by atoms with Crippen LogP contribution in [0.2, 0.25) is 0 Å². The molecule has 0 saturated heterocycles. The van der Waals surface area contributed by atoms with Gasteiger partial charge in [-0.2, -0.15) is 0 Å². The zero-order valence-electron chi connectivity index (χ0n) is 9.78. The van der Waals surface area contributed by atoms with E-state index in [0.29, 0.717) is 5.92 Å². The molecule has 1 amide bonds. The zero-order chi connectivity index (χ0) is 11.4. The van der Waals surface area contributed by atoms with Crippen LogP contribution in [0.1, 0.15) is 31.7 Å². The van der Waals surface area contributed by atoms with Crippen molar-refractivity contribution >= 4 is 5.91 Å². The largest absolute Gasteiger partial charge is 0.353 e. The van der Waals surface area contributed by atoms with Crippen LogP contribution < -0.4 is 5.32 Å². The molecule has 1 saturated carbocycles. The summed E-state index contributed by atoms with van der Waals surface area (Å²) < 4.78 is 0. The van der Waals surface area contributed by atoms with E-state index in [1.807, 2.05) is 18.2 Å². The Balaban J connectivity index is 1.87. The topological polar surface area (TPSA) is 29.1 Å². The van der Waals surface area contributed by atoms with Gasteiger partial charge in [0, 0.05) is 12.0 Å². The fourth-order valence-electron chi connectivity index (χ4n) is 1.86. The van der Waals surface area contributed by atoms with E-state index in [2.05, 4.69) is 24.4 Å². The van der Waals surface area contributed by atoms with E-state index in [0.717, 1.165) is 25.7 Å². The van der Waals surface area contributed by atoms with Gasteiger partial charge in [-0.05, 0) is 31.2 Å². The van der Waals surface area contributed by atoms with E-state index in [9.17, 15) is 4.79 Å². The number of nitrogens with one attached hydrogen (secondary N) is 1. The Morgan fingerprint density at radius 3 is 2.62 bits per heavy atom. The number of hydrogen-bond acceptors (Lipinski definition) is 1. The molecular formula is C14H19NO. The molecule has 0 bridgehead atoms. The van der Waals surface area contributed by atoms with Crippen LogP contribution in [-0.4, -0.2) is 11.9 Å². The summed E-state index contributed by atoms with van der Waals surface area (Å²) in [6, 6.07) is 10.6. The molecule has 0 aromatic heterocycles. The monoisotopic (exact) mass is 217 g/mol. The van der Waals surface area contributed by atoms with Crippen molar-refractivity contribution < 1.29 is 4.79 Å². The maximum absolute atomic E-state index is 11.7. The first kappa shape index (κ1) is 11.2. The van der Waals surface area contributed by atoms with Gasteiger partial charge in [-0.1, -0.05) is 37.3 Å². The molecule has 16 heavy (non-hydrogen) atoms. The SMILES string of the molecule is CC[C@@H](Cc1ccccc1)NC(=O)C1CC1. The fourth-order valence-corrected chi connectivity index (χ4v) is 1.86. The van der Waals surface area contributed by atoms with Gasteiger partial charge in [-0.15, -0.1) is 0 Å². The van der Waals surface area contributed by atoms with Crippen LogP contribution in [-0.2, 0) is 11.2 Å². The van der Waals surface area contributed by atoms with Crippen LogP contribution in [0.25, 0.3) is 0 Å². The van der Waals surface area contributed by atoms with Crippen LogP contribution in [0, 0.1) is 5.92 Å². The summed E-state index contributed by atoms with van der Waals surface area (Å²) in [4.78, 5) is 11.7. The summed E-state index contributed by atoms with van der Waals surface area (Å²) in [5.74, 6) is 0.563. The second kappa shape index (κ2) is 5.15. The average Bonchev–Trinajstić information content (AvgIpc) is 3.13. The lowest BCUT2D eigenvalue weighted by Crippen LogP contribution is -2.36. The lowest BCUT2D eigenvalue weighted by molar-refractivity contribution is -0.123. The molecule has 2 nitrogen and oxygen atoms in total. The number of benzene rings is 1. The predicted molar refractivity (Wildman–Crippen MR) is 65.1 cm³/mol. The number of hydrogen-bond donors (Lipinski definition) is 1. The van der Waals surface area contributed by atoms with E-state index in [1.165, 1.54) is 5.56 Å². The molecule has 86 valence electrons. The Morgan fingerprint density at radius 2 is 2.06 bits per heavy atom. The van der Waals surface area contributed by atoms with Gasteiger partial charge in [0.25, 0.3) is 0 Å². The van der Waals surface area contributed by atoms with Gasteiger partial charge in [0.05, 0.1) is 0 Å². The summed E-state index contributed by atoms with van der Waals surface area (Å²) in [5, 5.41) is 3.14. The lowest BCUT2D eigenvalue weighted by Gasteiger charge is -2.16. The highest BCUT2D eigenvalue weighted by Gasteiger charge is 2.30. The Bertz CT molecular complexity index is 343. The van der Waals surface area contributed by atoms with E-state index >= 15 is 0 Å². The Hall–Kier alpha value is -1.31. The van der Waals surface area contributed by atoms with Crippen molar-refractivity contribution in [2.75, 3.05) is 0 Å². The summed E-state index contributed by atoms with van der Waals surface area (Å²) in [6.07, 6.45) is 4.09. The third-order valence-corrected chi connectivity index (χ3v) is 3.11. The quantitative estimate of drug-likeness (QED) is 0.806. The van der Waals surface area contributed by atoms with Crippen molar-refractivity contribution in [3.8, 4) is 0 Å². The molecule has 1 aromatic rings. The van der Waals surface area contributed by atoms with Crippen LogP contribution in [0.5, 0.6) is 0 Å². The van der Waals surface area contributed by atoms with Crippen LogP contribution in [0.3, 0.4) is 0 Å². The van der Waals surface area contributed by atoms with Gasteiger partial charge in [0.15, 0.2) is 0 Å². The van der Waals surface area contributed by atoms with E-state index in [1.54, 1.807) is 0 Å². The van der Waals surface area contributed by atoms with Crippen molar-refractivity contribution in [1.29, 1.82) is 0 Å². The second-order valence-corrected chi connectivity index (χ2v) is 4.58. The summed E-state index contributed by atoms with van der Waals surface area (Å²) in [7, 11) is 0. The fraction of sp³-hybridized carbons (Fsp3) is 0.500. The number of rotatable bonds is 5. The molecule has 2 rings (SSSR count). The third kappa shape index (κ3) is 3.09. The molecule has 0 unspecified atom stereocenters. The minimum atomic E-state index is 0.253. The minimum Gasteiger partial charge on any atom is -0.353 e. The number of amides is 1. The van der Waals surface area contributed by atoms with Gasteiger partial charge in [-0.3, -0.25) is 4.79 Å². The Morgan fingerprint density at radius 1 is 1.38 bits per heavy atom. The highest BCUT2D eigenvalue weighted by molar-refractivity contribution is 5.81. The number of carbonyl (C=O) groups is 1. The van der Waals surface area contributed by atoms with Gasteiger partial charge in [0.2, 0.25) is 5.91 Å². The normalized spacial score (nSPS) is 16.8. The van der Waals surface area contributed by atoms with Crippen molar-refractivity contribution in [2.45, 2.75) is 38.6 Å². The minimum absolute atomic E-state index is 0.253. The summed E-state index contributed by atoms with van der Waals surface area (Å²) in [5.41, 5.74) is 1.30. The molecule has 1 fully saturated rings. The standard InChI is InChI=1S/C14H19NO/c1-2-13(15-14(16)12-8-9-12)10-11-6-4-3-5-7-11/h3-7,12-13H,2,8-10H2,1H3,(H,15,16)/t13-/m0/s1. The van der Waals surface area contributed by atoms with Crippen LogP contribution >= 0.6 is 0 Å². The first-order chi connectivity index (χ1) is 7.79. The average molecular weight is 217 g/mol. The molecule has 0 radical (unpaired) electrons. The van der Waals surface area contributed by atoms with Crippen molar-refractivity contribution in [1.82, 2.24) is 5.32 Å². The van der Waals surface area contributed by atoms with E-state index in [4.69, 9.17) is 0 Å². The highest BCUT2D eigenvalue weighted by Crippen LogP contribution is 2.29. The van der Waals surface area contributed by atoms with Crippen molar-refractivity contribution in [3.05, 3.63) is 35.9 Å². The van der Waals surface area contributed by atoms with Gasteiger partial charge >= 0.3 is 0 Å². The first-order valence-corrected chi connectivity index (χ1v) is 6.14. The molecule has 1 aliphatic rings. The van der Waals surface area contributed by atoms with Gasteiger partial charge in [0.1, 0.15) is 0 Å². The Labute approximate surface area is 97.1 Å². The van der Waals surface area contributed by atoms with Gasteiger partial charge < -0.3 is 5.32 Å². The molecule has 0 spiro atoms.